The number of carbonyl (C=O) groups is 2. The average Bonchev–Trinajstić information content (AvgIpc) is 3.30. The number of methoxy groups -OCH3 is 1. The summed E-state index contributed by atoms with van der Waals surface area (Å²) in [5.74, 6) is -0.351. The maximum absolute atomic E-state index is 12.7. The number of hydrogen-bond acceptors (Lipinski definition) is 7. The Morgan fingerprint density at radius 3 is 2.36 bits per heavy atom. The summed E-state index contributed by atoms with van der Waals surface area (Å²) < 4.78 is 5.94. The Morgan fingerprint density at radius 2 is 1.70 bits per heavy atom. The van der Waals surface area contributed by atoms with E-state index in [4.69, 9.17) is 9.72 Å². The molecule has 2 aromatic carbocycles. The number of amides is 1. The Bertz CT molecular complexity index is 1070. The molecule has 1 saturated heterocycles. The minimum Gasteiger partial charge on any atom is -0.465 e. The maximum Gasteiger partial charge on any atom is 0.337 e. The zero-order chi connectivity index (χ0) is 23.4. The van der Waals surface area contributed by atoms with Crippen LogP contribution in [0.4, 0.5) is 0 Å². The van der Waals surface area contributed by atoms with Gasteiger partial charge in [-0.05, 0) is 43.7 Å². The number of piperazine rings is 1. The number of nitrogens with zero attached hydrogens (tertiary/aromatic N) is 3. The number of ether oxygens (including phenoxy) is 1. The van der Waals surface area contributed by atoms with Crippen LogP contribution in [0.15, 0.2) is 48.5 Å². The predicted octanol–water partition coefficient (Wildman–Crippen LogP) is 3.47. The zero-order valence-electron chi connectivity index (χ0n) is 19.3. The van der Waals surface area contributed by atoms with Gasteiger partial charge in [0.1, 0.15) is 5.01 Å². The van der Waals surface area contributed by atoms with Crippen LogP contribution in [0.3, 0.4) is 0 Å². The maximum atomic E-state index is 12.7. The topological polar surface area (TPSA) is 74.8 Å². The standard InChI is InChI=1S/C25H30N4O3S/c1-17(23(30)26-16-19-8-10-20(11-9-19)25(31)32-3)28-12-14-29(15-13-28)18(2)24-27-21-6-4-5-7-22(21)33-24/h4-11,17-18H,12-16H2,1-3H3,(H,26,30)/t17-,18-/m1/s1. The third-order valence-electron chi connectivity index (χ3n) is 6.33. The highest BCUT2D eigenvalue weighted by molar-refractivity contribution is 7.18. The van der Waals surface area contributed by atoms with Crippen molar-refractivity contribution in [1.82, 2.24) is 20.1 Å². The van der Waals surface area contributed by atoms with Crippen LogP contribution in [0.2, 0.25) is 0 Å². The van der Waals surface area contributed by atoms with Crippen molar-refractivity contribution in [3.63, 3.8) is 0 Å². The average molecular weight is 467 g/mol. The number of rotatable bonds is 7. The molecule has 4 rings (SSSR count). The van der Waals surface area contributed by atoms with Crippen LogP contribution >= 0.6 is 11.3 Å². The van der Waals surface area contributed by atoms with Crippen molar-refractivity contribution in [3.8, 4) is 0 Å². The molecule has 7 nitrogen and oxygen atoms in total. The minimum absolute atomic E-state index is 0.0136. The molecule has 33 heavy (non-hydrogen) atoms. The van der Waals surface area contributed by atoms with Crippen LogP contribution in [0.25, 0.3) is 10.2 Å². The van der Waals surface area contributed by atoms with Crippen molar-refractivity contribution in [2.24, 2.45) is 0 Å². The second kappa shape index (κ2) is 10.4. The third kappa shape index (κ3) is 5.40. The number of hydrogen-bond donors (Lipinski definition) is 1. The van der Waals surface area contributed by atoms with Gasteiger partial charge in [0, 0.05) is 32.7 Å². The normalized spacial score (nSPS) is 16.9. The summed E-state index contributed by atoms with van der Waals surface area (Å²) in [5, 5.41) is 4.16. The van der Waals surface area contributed by atoms with Crippen molar-refractivity contribution in [2.75, 3.05) is 33.3 Å². The van der Waals surface area contributed by atoms with Crippen LogP contribution in [-0.4, -0.2) is 66.0 Å². The van der Waals surface area contributed by atoms with E-state index in [-0.39, 0.29) is 24.0 Å². The van der Waals surface area contributed by atoms with Gasteiger partial charge in [-0.25, -0.2) is 9.78 Å². The molecule has 0 spiro atoms. The monoisotopic (exact) mass is 466 g/mol. The summed E-state index contributed by atoms with van der Waals surface area (Å²) in [7, 11) is 1.36. The molecule has 0 radical (unpaired) electrons. The van der Waals surface area contributed by atoms with E-state index in [1.165, 1.54) is 11.8 Å². The number of nitrogens with one attached hydrogen (secondary N) is 1. The van der Waals surface area contributed by atoms with E-state index in [1.807, 2.05) is 25.1 Å². The molecule has 1 N–H and O–H groups in total. The van der Waals surface area contributed by atoms with Crippen LogP contribution in [0.1, 0.15) is 40.8 Å². The van der Waals surface area contributed by atoms with E-state index in [1.54, 1.807) is 23.5 Å². The van der Waals surface area contributed by atoms with Gasteiger partial charge in [0.15, 0.2) is 0 Å². The number of carbonyl (C=O) groups excluding carboxylic acids is 2. The fourth-order valence-electron chi connectivity index (χ4n) is 4.12. The van der Waals surface area contributed by atoms with E-state index in [0.717, 1.165) is 42.3 Å². The zero-order valence-corrected chi connectivity index (χ0v) is 20.1. The molecule has 0 bridgehead atoms. The van der Waals surface area contributed by atoms with E-state index >= 15 is 0 Å². The van der Waals surface area contributed by atoms with Crippen molar-refractivity contribution >= 4 is 33.4 Å². The molecule has 8 heteroatoms. The summed E-state index contributed by atoms with van der Waals surface area (Å²) in [4.78, 5) is 33.8. The lowest BCUT2D eigenvalue weighted by Gasteiger charge is -2.39. The van der Waals surface area contributed by atoms with Gasteiger partial charge in [-0.3, -0.25) is 14.6 Å². The third-order valence-corrected chi connectivity index (χ3v) is 7.54. The van der Waals surface area contributed by atoms with E-state index in [2.05, 4.69) is 40.2 Å². The first-order valence-corrected chi connectivity index (χ1v) is 12.1. The number of fused-ring (bicyclic) bond motifs is 1. The molecule has 0 aliphatic carbocycles. The Kier molecular flexibility index (Phi) is 7.37. The predicted molar refractivity (Wildman–Crippen MR) is 130 cm³/mol. The minimum atomic E-state index is -0.365. The molecule has 174 valence electrons. The lowest BCUT2D eigenvalue weighted by molar-refractivity contribution is -0.126. The molecule has 2 heterocycles. The number of aromatic nitrogens is 1. The number of para-hydroxylation sites is 1. The van der Waals surface area contributed by atoms with E-state index in [0.29, 0.717) is 12.1 Å². The number of benzene rings is 2. The smallest absolute Gasteiger partial charge is 0.337 e. The molecule has 0 saturated carbocycles. The second-order valence-electron chi connectivity index (χ2n) is 8.35. The molecule has 3 aromatic rings. The first kappa shape index (κ1) is 23.4. The summed E-state index contributed by atoms with van der Waals surface area (Å²) in [6, 6.07) is 15.4. The lowest BCUT2D eigenvalue weighted by atomic mass is 10.1. The summed E-state index contributed by atoms with van der Waals surface area (Å²) in [6.45, 7) is 8.11. The van der Waals surface area contributed by atoms with Gasteiger partial charge in [-0.15, -0.1) is 11.3 Å². The van der Waals surface area contributed by atoms with Crippen molar-refractivity contribution in [3.05, 3.63) is 64.7 Å². The lowest BCUT2D eigenvalue weighted by Crippen LogP contribution is -2.54. The van der Waals surface area contributed by atoms with Gasteiger partial charge >= 0.3 is 5.97 Å². The van der Waals surface area contributed by atoms with Gasteiger partial charge in [-0.2, -0.15) is 0 Å². The van der Waals surface area contributed by atoms with Gasteiger partial charge in [0.2, 0.25) is 5.91 Å². The van der Waals surface area contributed by atoms with Gasteiger partial charge in [-0.1, -0.05) is 24.3 Å². The van der Waals surface area contributed by atoms with Gasteiger partial charge in [0.25, 0.3) is 0 Å². The molecule has 1 fully saturated rings. The van der Waals surface area contributed by atoms with Crippen LogP contribution < -0.4 is 5.32 Å². The van der Waals surface area contributed by atoms with Crippen molar-refractivity contribution < 1.29 is 14.3 Å². The molecule has 1 amide bonds. The fourth-order valence-corrected chi connectivity index (χ4v) is 5.17. The summed E-state index contributed by atoms with van der Waals surface area (Å²) in [6.07, 6.45) is 0. The first-order valence-electron chi connectivity index (χ1n) is 11.2. The highest BCUT2D eigenvalue weighted by Gasteiger charge is 2.28. The molecule has 1 aliphatic rings. The highest BCUT2D eigenvalue weighted by Crippen LogP contribution is 2.30. The van der Waals surface area contributed by atoms with Crippen LogP contribution in [0, 0.1) is 0 Å². The second-order valence-corrected chi connectivity index (χ2v) is 9.41. The molecular formula is C25H30N4O3S. The number of thiazole rings is 1. The van der Waals surface area contributed by atoms with Crippen molar-refractivity contribution in [2.45, 2.75) is 32.5 Å². The Labute approximate surface area is 198 Å². The quantitative estimate of drug-likeness (QED) is 0.538. The fraction of sp³-hybridized carbons (Fsp3) is 0.400. The highest BCUT2D eigenvalue weighted by atomic mass is 32.1. The van der Waals surface area contributed by atoms with E-state index < -0.39 is 0 Å². The molecule has 1 aromatic heterocycles. The van der Waals surface area contributed by atoms with E-state index in [9.17, 15) is 9.59 Å². The van der Waals surface area contributed by atoms with Gasteiger partial charge in [0.05, 0.1) is 35.0 Å². The molecule has 1 aliphatic heterocycles. The van der Waals surface area contributed by atoms with Crippen molar-refractivity contribution in [1.29, 1.82) is 0 Å². The Morgan fingerprint density at radius 1 is 1.03 bits per heavy atom. The molecule has 2 atom stereocenters. The first-order chi connectivity index (χ1) is 16.0. The SMILES string of the molecule is COC(=O)c1ccc(CNC(=O)[C@@H](C)N2CCN([C@H](C)c3nc4ccccc4s3)CC2)cc1. The van der Waals surface area contributed by atoms with Crippen LogP contribution in [-0.2, 0) is 16.1 Å². The largest absolute Gasteiger partial charge is 0.465 e. The molecule has 0 unspecified atom stereocenters. The Hall–Kier alpha value is -2.81. The van der Waals surface area contributed by atoms with Crippen LogP contribution in [0.5, 0.6) is 0 Å². The Balaban J connectivity index is 1.26. The summed E-state index contributed by atoms with van der Waals surface area (Å²) in [5.41, 5.74) is 2.50. The van der Waals surface area contributed by atoms with Gasteiger partial charge < -0.3 is 10.1 Å². The molecular weight excluding hydrogens is 436 g/mol. The summed E-state index contributed by atoms with van der Waals surface area (Å²) >= 11 is 1.76. The number of esters is 1.